The van der Waals surface area contributed by atoms with E-state index in [4.69, 9.17) is 10.3 Å². The number of methoxy groups -OCH3 is 1. The maximum Gasteiger partial charge on any atom is 0.315 e. The molecule has 0 aromatic heterocycles. The van der Waals surface area contributed by atoms with Crippen LogP contribution in [0.5, 0.6) is 0 Å². The van der Waals surface area contributed by atoms with Crippen LogP contribution in [-0.4, -0.2) is 30.6 Å². The third-order valence-corrected chi connectivity index (χ3v) is 3.59. The number of carbonyl (C=O) groups is 1. The number of nitrogens with zero attached hydrogens (tertiary/aromatic N) is 4. The predicted molar refractivity (Wildman–Crippen MR) is 91.9 cm³/mol. The quantitative estimate of drug-likeness (QED) is 0.322. The summed E-state index contributed by atoms with van der Waals surface area (Å²) in [6.07, 6.45) is 0. The van der Waals surface area contributed by atoms with Gasteiger partial charge < -0.3 is 4.74 Å². The van der Waals surface area contributed by atoms with Gasteiger partial charge in [-0.15, -0.1) is 0 Å². The molecule has 0 radical (unpaired) electrons. The molecule has 2 rings (SSSR count). The summed E-state index contributed by atoms with van der Waals surface area (Å²) in [7, 11) is 1.29. The van der Waals surface area contributed by atoms with Crippen LogP contribution >= 0.6 is 0 Å². The van der Waals surface area contributed by atoms with Gasteiger partial charge in [0, 0.05) is 24.5 Å². The van der Waals surface area contributed by atoms with Crippen LogP contribution in [0.1, 0.15) is 11.1 Å². The summed E-state index contributed by atoms with van der Waals surface area (Å²) < 4.78 is 4.74. The van der Waals surface area contributed by atoms with Crippen LogP contribution in [-0.2, 0) is 22.6 Å². The zero-order valence-corrected chi connectivity index (χ0v) is 13.6. The summed E-state index contributed by atoms with van der Waals surface area (Å²) in [4.78, 5) is 16.7. The smallest absolute Gasteiger partial charge is 0.315 e. The van der Waals surface area contributed by atoms with Gasteiger partial charge in [-0.1, -0.05) is 65.8 Å². The third-order valence-electron chi connectivity index (χ3n) is 3.59. The fraction of sp³-hybridized carbons (Fsp3) is 0.278. The van der Waals surface area contributed by atoms with Gasteiger partial charge in [-0.05, 0) is 16.7 Å². The van der Waals surface area contributed by atoms with Crippen LogP contribution < -0.4 is 0 Å². The second kappa shape index (κ2) is 9.35. The number of carbonyl (C=O) groups excluding carboxylic acids is 1. The normalized spacial score (nSPS) is 11.6. The van der Waals surface area contributed by atoms with Crippen LogP contribution in [0.3, 0.4) is 0 Å². The van der Waals surface area contributed by atoms with Gasteiger partial charge in [0.2, 0.25) is 0 Å². The highest BCUT2D eigenvalue weighted by atomic mass is 16.5. The molecular weight excluding hydrogens is 304 g/mol. The van der Waals surface area contributed by atoms with E-state index in [1.165, 1.54) is 7.11 Å². The highest BCUT2D eigenvalue weighted by Crippen LogP contribution is 2.12. The van der Waals surface area contributed by atoms with Crippen molar-refractivity contribution in [3.05, 3.63) is 82.2 Å². The van der Waals surface area contributed by atoms with Gasteiger partial charge in [-0.25, -0.2) is 0 Å². The second-order valence-electron chi connectivity index (χ2n) is 5.38. The number of rotatable bonds is 8. The molecule has 0 saturated carbocycles. The molecule has 24 heavy (non-hydrogen) atoms. The largest absolute Gasteiger partial charge is 0.469 e. The topological polar surface area (TPSA) is 78.3 Å². The van der Waals surface area contributed by atoms with Gasteiger partial charge in [0.15, 0.2) is 0 Å². The number of hydrogen-bond acceptors (Lipinski definition) is 4. The first kappa shape index (κ1) is 17.5. The Kier molecular flexibility index (Phi) is 6.83. The predicted octanol–water partition coefficient (Wildman–Crippen LogP) is 3.54. The van der Waals surface area contributed by atoms with Crippen LogP contribution in [0.25, 0.3) is 10.4 Å². The first-order chi connectivity index (χ1) is 11.7. The molecule has 124 valence electrons. The Morgan fingerprint density at radius 1 is 1.08 bits per heavy atom. The number of ether oxygens (including phenoxy) is 1. The molecule has 0 aliphatic carbocycles. The Labute approximate surface area is 141 Å². The molecule has 0 N–H and O–H groups in total. The van der Waals surface area contributed by atoms with E-state index in [0.717, 1.165) is 11.1 Å². The van der Waals surface area contributed by atoms with E-state index in [1.54, 1.807) is 0 Å². The molecule has 0 heterocycles. The summed E-state index contributed by atoms with van der Waals surface area (Å²) in [5.41, 5.74) is 11.0. The number of hydrogen-bond donors (Lipinski definition) is 0. The van der Waals surface area contributed by atoms with Crippen molar-refractivity contribution in [2.24, 2.45) is 5.11 Å². The number of benzene rings is 2. The van der Waals surface area contributed by atoms with Crippen molar-refractivity contribution < 1.29 is 9.53 Å². The van der Waals surface area contributed by atoms with Crippen LogP contribution in [0.2, 0.25) is 0 Å². The number of azide groups is 1. The fourth-order valence-electron chi connectivity index (χ4n) is 2.47. The molecule has 6 heteroatoms. The minimum Gasteiger partial charge on any atom is -0.469 e. The molecule has 0 saturated heterocycles. The van der Waals surface area contributed by atoms with Crippen LogP contribution in [0, 0.1) is 0 Å². The second-order valence-corrected chi connectivity index (χ2v) is 5.38. The van der Waals surface area contributed by atoms with Gasteiger partial charge in [-0.3, -0.25) is 9.69 Å². The lowest BCUT2D eigenvalue weighted by Gasteiger charge is -2.24. The summed E-state index contributed by atoms with van der Waals surface area (Å²) in [6, 6.07) is 19.1. The van der Waals surface area contributed by atoms with Crippen molar-refractivity contribution in [2.45, 2.75) is 19.1 Å². The molecular formula is C18H20N4O2. The summed E-state index contributed by atoms with van der Waals surface area (Å²) >= 11 is 0. The maximum atomic E-state index is 11.8. The van der Waals surface area contributed by atoms with Crippen LogP contribution in [0.15, 0.2) is 65.8 Å². The Morgan fingerprint density at radius 3 is 2.00 bits per heavy atom. The van der Waals surface area contributed by atoms with E-state index in [9.17, 15) is 4.79 Å². The van der Waals surface area contributed by atoms with Crippen molar-refractivity contribution in [1.29, 1.82) is 0 Å². The zero-order valence-electron chi connectivity index (χ0n) is 13.6. The van der Waals surface area contributed by atoms with E-state index in [2.05, 4.69) is 14.9 Å². The molecule has 1 atom stereocenters. The molecule has 6 nitrogen and oxygen atoms in total. The molecule has 0 amide bonds. The lowest BCUT2D eigenvalue weighted by Crippen LogP contribution is -2.35. The zero-order chi connectivity index (χ0) is 17.2. The van der Waals surface area contributed by atoms with Gasteiger partial charge in [-0.2, -0.15) is 0 Å². The summed E-state index contributed by atoms with van der Waals surface area (Å²) in [5.74, 6) is -0.529. The first-order valence-electron chi connectivity index (χ1n) is 7.65. The molecule has 2 aromatic carbocycles. The molecule has 0 aliphatic heterocycles. The van der Waals surface area contributed by atoms with Crippen molar-refractivity contribution in [3.8, 4) is 0 Å². The Balaban J connectivity index is 2.17. The minimum absolute atomic E-state index is 0.292. The standard InChI is InChI=1S/C18H20N4O2/c1-24-18(23)17(20-21-19)14-22(12-15-8-4-2-5-9-15)13-16-10-6-3-7-11-16/h2-11,17H,12-14H2,1H3/t17-/m0/s1. The van der Waals surface area contributed by atoms with Crippen molar-refractivity contribution in [1.82, 2.24) is 4.90 Å². The van der Waals surface area contributed by atoms with Gasteiger partial charge >= 0.3 is 5.97 Å². The molecule has 0 fully saturated rings. The van der Waals surface area contributed by atoms with Gasteiger partial charge in [0.25, 0.3) is 0 Å². The van der Waals surface area contributed by atoms with E-state index in [0.29, 0.717) is 19.6 Å². The third kappa shape index (κ3) is 5.43. The highest BCUT2D eigenvalue weighted by molar-refractivity contribution is 5.76. The first-order valence-corrected chi connectivity index (χ1v) is 7.65. The fourth-order valence-corrected chi connectivity index (χ4v) is 2.47. The lowest BCUT2D eigenvalue weighted by atomic mass is 10.1. The van der Waals surface area contributed by atoms with Crippen LogP contribution in [0.4, 0.5) is 0 Å². The van der Waals surface area contributed by atoms with E-state index in [1.807, 2.05) is 60.7 Å². The average Bonchev–Trinajstić information content (AvgIpc) is 2.62. The molecule has 0 unspecified atom stereocenters. The highest BCUT2D eigenvalue weighted by Gasteiger charge is 2.21. The molecule has 2 aromatic rings. The molecule has 0 aliphatic rings. The van der Waals surface area contributed by atoms with Crippen molar-refractivity contribution >= 4 is 5.97 Å². The summed E-state index contributed by atoms with van der Waals surface area (Å²) in [6.45, 7) is 1.58. The maximum absolute atomic E-state index is 11.8. The Bertz CT molecular complexity index is 643. The van der Waals surface area contributed by atoms with E-state index >= 15 is 0 Å². The molecule has 0 spiro atoms. The summed E-state index contributed by atoms with van der Waals surface area (Å²) in [5, 5.41) is 3.58. The average molecular weight is 324 g/mol. The SMILES string of the molecule is COC(=O)[C@H](CN(Cc1ccccc1)Cc1ccccc1)N=[N+]=[N-]. The minimum atomic E-state index is -0.868. The Morgan fingerprint density at radius 2 is 1.58 bits per heavy atom. The van der Waals surface area contributed by atoms with Crippen molar-refractivity contribution in [2.75, 3.05) is 13.7 Å². The lowest BCUT2D eigenvalue weighted by molar-refractivity contribution is -0.142. The molecule has 0 bridgehead atoms. The van der Waals surface area contributed by atoms with Gasteiger partial charge in [0.1, 0.15) is 6.04 Å². The monoisotopic (exact) mass is 324 g/mol. The van der Waals surface area contributed by atoms with E-state index in [-0.39, 0.29) is 0 Å². The van der Waals surface area contributed by atoms with Gasteiger partial charge in [0.05, 0.1) is 7.11 Å². The van der Waals surface area contributed by atoms with E-state index < -0.39 is 12.0 Å². The number of esters is 1. The Hall–Kier alpha value is -2.82. The van der Waals surface area contributed by atoms with Crippen molar-refractivity contribution in [3.63, 3.8) is 0 Å².